The monoisotopic (exact) mass is 379 g/mol. The van der Waals surface area contributed by atoms with E-state index in [0.717, 1.165) is 26.5 Å². The van der Waals surface area contributed by atoms with Gasteiger partial charge in [0.1, 0.15) is 5.01 Å². The maximum atomic E-state index is 12.6. The Bertz CT molecular complexity index is 957. The zero-order valence-electron chi connectivity index (χ0n) is 15.1. The number of hydrogen-bond donors (Lipinski definition) is 1. The van der Waals surface area contributed by atoms with Crippen LogP contribution in [0.1, 0.15) is 19.8 Å². The van der Waals surface area contributed by atoms with E-state index in [1.54, 1.807) is 23.2 Å². The largest absolute Gasteiger partial charge is 0.343 e. The van der Waals surface area contributed by atoms with Crippen LogP contribution >= 0.6 is 11.3 Å². The third kappa shape index (κ3) is 3.85. The maximum absolute atomic E-state index is 12.6. The van der Waals surface area contributed by atoms with Gasteiger partial charge < -0.3 is 10.2 Å². The topological polar surface area (TPSA) is 62.3 Å². The van der Waals surface area contributed by atoms with Crippen LogP contribution in [0.25, 0.3) is 20.8 Å². The molecule has 27 heavy (non-hydrogen) atoms. The van der Waals surface area contributed by atoms with Crippen LogP contribution in [0, 0.1) is 5.92 Å². The molecule has 138 valence electrons. The van der Waals surface area contributed by atoms with E-state index in [4.69, 9.17) is 0 Å². The number of hydrogen-bond acceptors (Lipinski definition) is 4. The molecule has 1 aliphatic heterocycles. The van der Waals surface area contributed by atoms with E-state index < -0.39 is 0 Å². The average molecular weight is 379 g/mol. The summed E-state index contributed by atoms with van der Waals surface area (Å²) in [6, 6.07) is 15.9. The van der Waals surface area contributed by atoms with Crippen LogP contribution in [-0.4, -0.2) is 34.8 Å². The molecule has 0 bridgehead atoms. The number of fused-ring (bicyclic) bond motifs is 1. The molecule has 5 nitrogen and oxygen atoms in total. The smallest absolute Gasteiger partial charge is 0.227 e. The van der Waals surface area contributed by atoms with Gasteiger partial charge in [-0.1, -0.05) is 24.3 Å². The molecule has 1 aliphatic rings. The minimum absolute atomic E-state index is 0.0275. The Morgan fingerprint density at radius 2 is 1.89 bits per heavy atom. The van der Waals surface area contributed by atoms with Crippen molar-refractivity contribution < 1.29 is 9.59 Å². The Labute approximate surface area is 162 Å². The molecule has 1 N–H and O–H groups in total. The number of aromatic nitrogens is 1. The highest BCUT2D eigenvalue weighted by Gasteiger charge is 2.26. The van der Waals surface area contributed by atoms with Gasteiger partial charge in [0.2, 0.25) is 11.8 Å². The lowest BCUT2D eigenvalue weighted by Gasteiger charge is -2.30. The molecule has 0 unspecified atom stereocenters. The summed E-state index contributed by atoms with van der Waals surface area (Å²) in [5, 5.41) is 3.98. The van der Waals surface area contributed by atoms with E-state index >= 15 is 0 Å². The summed E-state index contributed by atoms with van der Waals surface area (Å²) >= 11 is 1.65. The Kier molecular flexibility index (Phi) is 4.90. The van der Waals surface area contributed by atoms with Gasteiger partial charge in [0.05, 0.1) is 10.2 Å². The molecule has 0 atom stereocenters. The summed E-state index contributed by atoms with van der Waals surface area (Å²) < 4.78 is 1.15. The molecule has 0 saturated carbocycles. The highest BCUT2D eigenvalue weighted by molar-refractivity contribution is 7.21. The predicted molar refractivity (Wildman–Crippen MR) is 109 cm³/mol. The van der Waals surface area contributed by atoms with Crippen LogP contribution in [0.5, 0.6) is 0 Å². The number of likely N-dealkylation sites (tertiary alicyclic amines) is 1. The van der Waals surface area contributed by atoms with Crippen LogP contribution in [0.3, 0.4) is 0 Å². The van der Waals surface area contributed by atoms with Crippen LogP contribution in [-0.2, 0) is 9.59 Å². The second kappa shape index (κ2) is 7.48. The zero-order valence-corrected chi connectivity index (χ0v) is 16.0. The predicted octanol–water partition coefficient (Wildman–Crippen LogP) is 4.16. The van der Waals surface area contributed by atoms with Gasteiger partial charge in [0, 0.05) is 37.2 Å². The molecular formula is C21H21N3O2S. The molecule has 2 heterocycles. The van der Waals surface area contributed by atoms with Gasteiger partial charge in [0.15, 0.2) is 0 Å². The number of benzene rings is 2. The first-order valence-corrected chi connectivity index (χ1v) is 9.94. The van der Waals surface area contributed by atoms with Gasteiger partial charge in [-0.3, -0.25) is 9.59 Å². The maximum Gasteiger partial charge on any atom is 0.227 e. The molecule has 1 aromatic heterocycles. The van der Waals surface area contributed by atoms with Crippen LogP contribution < -0.4 is 5.32 Å². The normalized spacial score (nSPS) is 15.1. The Morgan fingerprint density at radius 3 is 2.63 bits per heavy atom. The number of carbonyl (C=O) groups excluding carboxylic acids is 2. The summed E-state index contributed by atoms with van der Waals surface area (Å²) in [5.74, 6) is 0.0590. The van der Waals surface area contributed by atoms with Gasteiger partial charge in [-0.05, 0) is 37.1 Å². The molecule has 4 rings (SSSR count). The number of piperidine rings is 1. The van der Waals surface area contributed by atoms with Crippen molar-refractivity contribution >= 4 is 39.1 Å². The Hall–Kier alpha value is -2.73. The SMILES string of the molecule is CC(=O)N1CCC(C(=O)Nc2cccc(-c3nc4ccccc4s3)c2)CC1. The Morgan fingerprint density at radius 1 is 1.11 bits per heavy atom. The standard InChI is InChI=1S/C21H21N3O2S/c1-14(25)24-11-9-15(10-12-24)20(26)22-17-6-4-5-16(13-17)21-23-18-7-2-3-8-19(18)27-21/h2-8,13,15H,9-12H2,1H3,(H,22,26). The van der Waals surface area contributed by atoms with Crippen molar-refractivity contribution in [2.24, 2.45) is 5.92 Å². The molecule has 6 heteroatoms. The van der Waals surface area contributed by atoms with E-state index in [1.807, 2.05) is 42.5 Å². The van der Waals surface area contributed by atoms with Gasteiger partial charge in [0.25, 0.3) is 0 Å². The molecule has 2 aromatic carbocycles. The number of anilines is 1. The molecule has 2 amide bonds. The highest BCUT2D eigenvalue weighted by atomic mass is 32.1. The lowest BCUT2D eigenvalue weighted by molar-refractivity contribution is -0.132. The fourth-order valence-electron chi connectivity index (χ4n) is 3.43. The van der Waals surface area contributed by atoms with E-state index in [2.05, 4.69) is 16.4 Å². The van der Waals surface area contributed by atoms with E-state index in [1.165, 1.54) is 0 Å². The first kappa shape index (κ1) is 17.7. The number of rotatable bonds is 3. The minimum Gasteiger partial charge on any atom is -0.343 e. The number of nitrogens with zero attached hydrogens (tertiary/aromatic N) is 2. The summed E-state index contributed by atoms with van der Waals surface area (Å²) in [6.45, 7) is 2.88. The van der Waals surface area contributed by atoms with Gasteiger partial charge in [-0.25, -0.2) is 4.98 Å². The molecule has 1 fully saturated rings. The van der Waals surface area contributed by atoms with Crippen molar-refractivity contribution in [3.05, 3.63) is 48.5 Å². The fraction of sp³-hybridized carbons (Fsp3) is 0.286. The van der Waals surface area contributed by atoms with Crippen molar-refractivity contribution in [3.63, 3.8) is 0 Å². The summed E-state index contributed by atoms with van der Waals surface area (Å²) in [7, 11) is 0. The molecule has 3 aromatic rings. The number of amides is 2. The quantitative estimate of drug-likeness (QED) is 0.743. The lowest BCUT2D eigenvalue weighted by Crippen LogP contribution is -2.40. The highest BCUT2D eigenvalue weighted by Crippen LogP contribution is 2.31. The summed E-state index contributed by atoms with van der Waals surface area (Å²) in [5.41, 5.74) is 2.77. The molecule has 1 saturated heterocycles. The molecule has 0 aliphatic carbocycles. The zero-order chi connectivity index (χ0) is 18.8. The van der Waals surface area contributed by atoms with Crippen LogP contribution in [0.2, 0.25) is 0 Å². The number of carbonyl (C=O) groups is 2. The van der Waals surface area contributed by atoms with Crippen LogP contribution in [0.15, 0.2) is 48.5 Å². The molecule has 0 radical (unpaired) electrons. The minimum atomic E-state index is -0.0493. The van der Waals surface area contributed by atoms with E-state index in [-0.39, 0.29) is 17.7 Å². The van der Waals surface area contributed by atoms with E-state index in [9.17, 15) is 9.59 Å². The van der Waals surface area contributed by atoms with Crippen molar-refractivity contribution in [3.8, 4) is 10.6 Å². The van der Waals surface area contributed by atoms with Crippen molar-refractivity contribution in [1.29, 1.82) is 0 Å². The van der Waals surface area contributed by atoms with Gasteiger partial charge >= 0.3 is 0 Å². The van der Waals surface area contributed by atoms with E-state index in [0.29, 0.717) is 25.9 Å². The first-order chi connectivity index (χ1) is 13.1. The van der Waals surface area contributed by atoms with Crippen molar-refractivity contribution in [2.45, 2.75) is 19.8 Å². The van der Waals surface area contributed by atoms with Crippen molar-refractivity contribution in [2.75, 3.05) is 18.4 Å². The average Bonchev–Trinajstić information content (AvgIpc) is 3.12. The third-order valence-corrected chi connectivity index (χ3v) is 6.07. The van der Waals surface area contributed by atoms with Crippen molar-refractivity contribution in [1.82, 2.24) is 9.88 Å². The second-order valence-corrected chi connectivity index (χ2v) is 7.87. The summed E-state index contributed by atoms with van der Waals surface area (Å²) in [4.78, 5) is 30.5. The van der Waals surface area contributed by atoms with Crippen LogP contribution in [0.4, 0.5) is 5.69 Å². The van der Waals surface area contributed by atoms with Gasteiger partial charge in [-0.15, -0.1) is 11.3 Å². The Balaban J connectivity index is 1.46. The number of para-hydroxylation sites is 1. The van der Waals surface area contributed by atoms with Gasteiger partial charge in [-0.2, -0.15) is 0 Å². The third-order valence-electron chi connectivity index (χ3n) is 4.98. The summed E-state index contributed by atoms with van der Waals surface area (Å²) in [6.07, 6.45) is 1.42. The molecule has 0 spiro atoms. The second-order valence-electron chi connectivity index (χ2n) is 6.84. The lowest BCUT2D eigenvalue weighted by atomic mass is 9.95. The number of nitrogens with one attached hydrogen (secondary N) is 1. The molecular weight excluding hydrogens is 358 g/mol. The number of thiazole rings is 1. The first-order valence-electron chi connectivity index (χ1n) is 9.12. The fourth-order valence-corrected chi connectivity index (χ4v) is 4.39.